The van der Waals surface area contributed by atoms with Gasteiger partial charge < -0.3 is 9.15 Å². The number of para-hydroxylation sites is 1. The lowest BCUT2D eigenvalue weighted by Crippen LogP contribution is -2.19. The van der Waals surface area contributed by atoms with E-state index in [4.69, 9.17) is 9.15 Å². The van der Waals surface area contributed by atoms with Gasteiger partial charge in [-0.2, -0.15) is 5.10 Å². The maximum Gasteiger partial charge on any atom is 0.285 e. The van der Waals surface area contributed by atoms with E-state index in [0.29, 0.717) is 16.7 Å². The molecule has 3 aromatic heterocycles. The molecule has 0 spiro atoms. The molecule has 190 valence electrons. The fraction of sp³-hybridized carbons (Fsp3) is 0.0741. The zero-order valence-electron chi connectivity index (χ0n) is 19.9. The Morgan fingerprint density at radius 3 is 2.68 bits per heavy atom. The molecule has 0 bridgehead atoms. The van der Waals surface area contributed by atoms with Gasteiger partial charge in [0, 0.05) is 29.7 Å². The number of benzene rings is 2. The summed E-state index contributed by atoms with van der Waals surface area (Å²) in [6.07, 6.45) is 4.78. The number of nitrogens with zero attached hydrogens (tertiary/aromatic N) is 5. The number of halogens is 1. The molecule has 0 unspecified atom stereocenters. The van der Waals surface area contributed by atoms with Gasteiger partial charge in [-0.25, -0.2) is 9.82 Å². The van der Waals surface area contributed by atoms with Gasteiger partial charge in [-0.1, -0.05) is 42.1 Å². The van der Waals surface area contributed by atoms with Crippen LogP contribution in [0.4, 0.5) is 4.39 Å². The lowest BCUT2D eigenvalue weighted by Gasteiger charge is -2.09. The van der Waals surface area contributed by atoms with Crippen molar-refractivity contribution in [2.24, 2.45) is 5.10 Å². The Labute approximate surface area is 221 Å². The number of nitrogens with one attached hydrogen (secondary N) is 1. The number of aromatic nitrogens is 4. The molecule has 9 nitrogen and oxygen atoms in total. The van der Waals surface area contributed by atoms with Gasteiger partial charge in [-0.05, 0) is 48.0 Å². The molecule has 2 aromatic carbocycles. The summed E-state index contributed by atoms with van der Waals surface area (Å²) in [4.78, 5) is 16.6. The first-order valence-electron chi connectivity index (χ1n) is 11.5. The van der Waals surface area contributed by atoms with E-state index in [-0.39, 0.29) is 30.0 Å². The maximum atomic E-state index is 13.0. The minimum Gasteiger partial charge on any atom is -0.460 e. The topological polar surface area (TPSA) is 107 Å². The molecule has 0 radical (unpaired) electrons. The summed E-state index contributed by atoms with van der Waals surface area (Å²) < 4.78 is 26.0. The summed E-state index contributed by atoms with van der Waals surface area (Å²) in [5.41, 5.74) is 4.96. The van der Waals surface area contributed by atoms with Crippen molar-refractivity contribution in [2.75, 3.05) is 5.75 Å². The predicted molar refractivity (Wildman–Crippen MR) is 140 cm³/mol. The van der Waals surface area contributed by atoms with Crippen LogP contribution < -0.4 is 10.2 Å². The van der Waals surface area contributed by atoms with Crippen LogP contribution >= 0.6 is 11.8 Å². The first-order chi connectivity index (χ1) is 18.7. The minimum atomic E-state index is -0.323. The molecule has 0 aliphatic heterocycles. The summed E-state index contributed by atoms with van der Waals surface area (Å²) in [7, 11) is 0. The smallest absolute Gasteiger partial charge is 0.285 e. The molecule has 0 fully saturated rings. The number of ether oxygens (including phenoxy) is 1. The highest BCUT2D eigenvalue weighted by Crippen LogP contribution is 2.27. The molecular weight excluding hydrogens is 507 g/mol. The van der Waals surface area contributed by atoms with Crippen LogP contribution in [-0.2, 0) is 11.4 Å². The lowest BCUT2D eigenvalue weighted by molar-refractivity contribution is -0.118. The Kier molecular flexibility index (Phi) is 7.85. The Morgan fingerprint density at radius 2 is 1.89 bits per heavy atom. The molecule has 0 aliphatic carbocycles. The van der Waals surface area contributed by atoms with E-state index in [1.807, 2.05) is 47.0 Å². The number of hydrogen-bond acceptors (Lipinski definition) is 8. The second kappa shape index (κ2) is 12.0. The van der Waals surface area contributed by atoms with Crippen LogP contribution in [0.3, 0.4) is 0 Å². The van der Waals surface area contributed by atoms with Crippen molar-refractivity contribution in [1.29, 1.82) is 0 Å². The molecule has 0 saturated carbocycles. The molecule has 0 saturated heterocycles. The van der Waals surface area contributed by atoms with Gasteiger partial charge in [-0.15, -0.1) is 10.2 Å². The van der Waals surface area contributed by atoms with Crippen molar-refractivity contribution in [3.63, 3.8) is 0 Å². The summed E-state index contributed by atoms with van der Waals surface area (Å²) in [6.45, 7) is 0.231. The van der Waals surface area contributed by atoms with E-state index < -0.39 is 0 Å². The molecule has 0 aliphatic rings. The summed E-state index contributed by atoms with van der Waals surface area (Å²) in [5.74, 6) is 0.744. The molecule has 0 atom stereocenters. The molecule has 11 heteroatoms. The Bertz CT molecular complexity index is 1520. The highest BCUT2D eigenvalue weighted by molar-refractivity contribution is 7.99. The van der Waals surface area contributed by atoms with Crippen molar-refractivity contribution in [3.8, 4) is 23.0 Å². The number of rotatable bonds is 10. The average molecular weight is 529 g/mol. The standard InChI is InChI=1S/C27H21FN6O3S/c28-21-10-8-19(9-11-21)17-36-25-13-12-23(37-25)16-30-31-24(35)18-38-27-33-32-26(20-5-4-14-29-15-20)34(27)22-6-2-1-3-7-22/h1-16H,17-18H2,(H,31,35)/b30-16+. The molecule has 1 amide bonds. The highest BCUT2D eigenvalue weighted by atomic mass is 32.2. The number of amides is 1. The SMILES string of the molecule is O=C(CSc1nnc(-c2cccnc2)n1-c1ccccc1)N/N=C/c1ccc(OCc2ccc(F)cc2)o1. The largest absolute Gasteiger partial charge is 0.460 e. The number of carbonyl (C=O) groups is 1. The van der Waals surface area contributed by atoms with E-state index in [9.17, 15) is 9.18 Å². The van der Waals surface area contributed by atoms with Gasteiger partial charge >= 0.3 is 0 Å². The average Bonchev–Trinajstić information content (AvgIpc) is 3.60. The van der Waals surface area contributed by atoms with Crippen LogP contribution in [0, 0.1) is 5.82 Å². The highest BCUT2D eigenvalue weighted by Gasteiger charge is 2.17. The van der Waals surface area contributed by atoms with Crippen LogP contribution in [0.15, 0.2) is 106 Å². The number of pyridine rings is 1. The fourth-order valence-corrected chi connectivity index (χ4v) is 4.15. The van der Waals surface area contributed by atoms with Crippen LogP contribution in [-0.4, -0.2) is 37.6 Å². The van der Waals surface area contributed by atoms with Gasteiger partial charge in [0.05, 0.1) is 12.0 Å². The van der Waals surface area contributed by atoms with Crippen molar-refractivity contribution >= 4 is 23.9 Å². The summed E-state index contributed by atoms with van der Waals surface area (Å²) >= 11 is 1.24. The number of hydrazone groups is 1. The third-order valence-electron chi connectivity index (χ3n) is 5.18. The van der Waals surface area contributed by atoms with E-state index in [1.165, 1.54) is 30.1 Å². The van der Waals surface area contributed by atoms with Crippen LogP contribution in [0.25, 0.3) is 17.1 Å². The minimum absolute atomic E-state index is 0.0690. The zero-order valence-corrected chi connectivity index (χ0v) is 20.7. The molecule has 5 aromatic rings. The van der Waals surface area contributed by atoms with E-state index >= 15 is 0 Å². The van der Waals surface area contributed by atoms with Crippen molar-refractivity contribution < 1.29 is 18.3 Å². The second-order valence-electron chi connectivity index (χ2n) is 7.87. The van der Waals surface area contributed by atoms with Crippen LogP contribution in [0.5, 0.6) is 5.95 Å². The Balaban J connectivity index is 1.17. The van der Waals surface area contributed by atoms with E-state index in [1.54, 1.807) is 36.7 Å². The normalized spacial score (nSPS) is 11.1. The van der Waals surface area contributed by atoms with Gasteiger partial charge in [0.25, 0.3) is 11.9 Å². The quantitative estimate of drug-likeness (QED) is 0.156. The summed E-state index contributed by atoms with van der Waals surface area (Å²) in [5, 5.41) is 13.1. The van der Waals surface area contributed by atoms with Gasteiger partial charge in [-0.3, -0.25) is 14.3 Å². The van der Waals surface area contributed by atoms with E-state index in [2.05, 4.69) is 25.7 Å². The van der Waals surface area contributed by atoms with Crippen LogP contribution in [0.1, 0.15) is 11.3 Å². The Hall–Kier alpha value is -4.77. The van der Waals surface area contributed by atoms with Crippen LogP contribution in [0.2, 0.25) is 0 Å². The molecular formula is C27H21FN6O3S. The summed E-state index contributed by atoms with van der Waals surface area (Å²) in [6, 6.07) is 22.7. The van der Waals surface area contributed by atoms with Crippen molar-refractivity contribution in [3.05, 3.63) is 108 Å². The molecule has 1 N–H and O–H groups in total. The monoisotopic (exact) mass is 528 g/mol. The zero-order chi connectivity index (χ0) is 26.2. The van der Waals surface area contributed by atoms with Gasteiger partial charge in [0.1, 0.15) is 12.4 Å². The van der Waals surface area contributed by atoms with Crippen molar-refractivity contribution in [1.82, 2.24) is 25.2 Å². The third kappa shape index (κ3) is 6.31. The number of thioether (sulfide) groups is 1. The van der Waals surface area contributed by atoms with E-state index in [0.717, 1.165) is 16.8 Å². The van der Waals surface area contributed by atoms with Gasteiger partial charge in [0.15, 0.2) is 16.7 Å². The number of carbonyl (C=O) groups excluding carboxylic acids is 1. The molecule has 5 rings (SSSR count). The Morgan fingerprint density at radius 1 is 1.05 bits per heavy atom. The van der Waals surface area contributed by atoms with Crippen molar-refractivity contribution in [2.45, 2.75) is 11.8 Å². The second-order valence-corrected chi connectivity index (χ2v) is 8.82. The number of furan rings is 1. The first-order valence-corrected chi connectivity index (χ1v) is 12.5. The molecule has 38 heavy (non-hydrogen) atoms. The predicted octanol–water partition coefficient (Wildman–Crippen LogP) is 4.88. The maximum absolute atomic E-state index is 13.0. The third-order valence-corrected chi connectivity index (χ3v) is 6.11. The number of hydrogen-bond donors (Lipinski definition) is 1. The van der Waals surface area contributed by atoms with Gasteiger partial charge in [0.2, 0.25) is 0 Å². The lowest BCUT2D eigenvalue weighted by atomic mass is 10.2. The fourth-order valence-electron chi connectivity index (χ4n) is 3.40. The molecule has 3 heterocycles. The first kappa shape index (κ1) is 24.9.